The van der Waals surface area contributed by atoms with Gasteiger partial charge in [0.1, 0.15) is 24.4 Å². The molecule has 0 fully saturated rings. The molecule has 0 spiro atoms. The molecular formula is C38H45N4O+. The summed E-state index contributed by atoms with van der Waals surface area (Å²) in [5.41, 5.74) is 6.97. The Morgan fingerprint density at radius 3 is 2.02 bits per heavy atom. The smallest absolute Gasteiger partial charge is 0.257 e. The predicted octanol–water partition coefficient (Wildman–Crippen LogP) is 9.24. The van der Waals surface area contributed by atoms with Gasteiger partial charge in [0, 0.05) is 32.6 Å². The van der Waals surface area contributed by atoms with Gasteiger partial charge in [-0.2, -0.15) is 4.57 Å². The first kappa shape index (κ1) is 29.2. The molecule has 0 aliphatic carbocycles. The van der Waals surface area contributed by atoms with E-state index in [2.05, 4.69) is 130 Å². The Balaban J connectivity index is 1.63. The Morgan fingerprint density at radius 1 is 0.767 bits per heavy atom. The summed E-state index contributed by atoms with van der Waals surface area (Å²) in [6, 6.07) is 13.4. The van der Waals surface area contributed by atoms with Crippen LogP contribution >= 0.6 is 0 Å². The molecule has 0 unspecified atom stereocenters. The molecule has 3 heterocycles. The van der Waals surface area contributed by atoms with Crippen molar-refractivity contribution in [2.75, 3.05) is 0 Å². The summed E-state index contributed by atoms with van der Waals surface area (Å²) < 4.78 is 9.19. The van der Waals surface area contributed by atoms with Crippen LogP contribution < -0.4 is 9.30 Å². The fraction of sp³-hybridized carbons (Fsp3) is 0.421. The van der Waals surface area contributed by atoms with Crippen molar-refractivity contribution >= 4 is 21.5 Å². The number of pyridine rings is 1. The third-order valence-electron chi connectivity index (χ3n) is 8.40. The molecule has 5 nitrogen and oxygen atoms in total. The molecule has 0 amide bonds. The average Bonchev–Trinajstić information content (AvgIpc) is 2.88. The molecule has 3 aromatic carbocycles. The van der Waals surface area contributed by atoms with Crippen molar-refractivity contribution in [3.05, 3.63) is 70.9 Å². The van der Waals surface area contributed by atoms with E-state index in [0.29, 0.717) is 5.82 Å². The van der Waals surface area contributed by atoms with Gasteiger partial charge < -0.3 is 4.74 Å². The van der Waals surface area contributed by atoms with Gasteiger partial charge in [-0.05, 0) is 66.0 Å². The lowest BCUT2D eigenvalue weighted by atomic mass is 9.85. The SMILES string of the molecule is Cc1cc2cc(CC(C)(C)C)cc3c2c(c1C)-c1c(c2cc(-c4nc(C(C)(C)C)nc(C(C)(C)C)n4)ccc2c[n+]1C)O3. The number of hydrogen-bond acceptors (Lipinski definition) is 4. The Morgan fingerprint density at radius 2 is 1.42 bits per heavy atom. The van der Waals surface area contributed by atoms with Gasteiger partial charge in [0.2, 0.25) is 5.75 Å². The number of benzene rings is 3. The van der Waals surface area contributed by atoms with Gasteiger partial charge in [-0.1, -0.05) is 80.5 Å². The number of aryl methyl sites for hydroxylation is 2. The standard InChI is InChI=1S/C38H45N4O/c1-21-15-26-16-23(19-36(3,4)5)17-28-30(26)29(22(21)2)31-32(43-28)27-18-24(13-14-25(27)20-42(31)12)33-39-34(37(6,7)8)41-35(40-33)38(9,10)11/h13-18,20H,19H2,1-12H3/q+1. The summed E-state index contributed by atoms with van der Waals surface area (Å²) in [6.45, 7) is 24.2. The van der Waals surface area contributed by atoms with Gasteiger partial charge in [0.15, 0.2) is 12.0 Å². The first-order valence-electron chi connectivity index (χ1n) is 15.4. The van der Waals surface area contributed by atoms with Crippen LogP contribution in [0.2, 0.25) is 0 Å². The molecule has 0 N–H and O–H groups in total. The highest BCUT2D eigenvalue weighted by atomic mass is 16.5. The molecule has 43 heavy (non-hydrogen) atoms. The topological polar surface area (TPSA) is 51.8 Å². The van der Waals surface area contributed by atoms with Crippen molar-refractivity contribution in [3.63, 3.8) is 0 Å². The van der Waals surface area contributed by atoms with Crippen molar-refractivity contribution in [2.24, 2.45) is 12.5 Å². The molecule has 0 saturated carbocycles. The molecule has 0 atom stereocenters. The number of ether oxygens (including phenoxy) is 1. The lowest BCUT2D eigenvalue weighted by Crippen LogP contribution is -2.32. The molecule has 6 rings (SSSR count). The van der Waals surface area contributed by atoms with Crippen LogP contribution in [-0.4, -0.2) is 15.0 Å². The molecule has 1 aliphatic heterocycles. The highest BCUT2D eigenvalue weighted by Crippen LogP contribution is 2.50. The average molecular weight is 574 g/mol. The molecular weight excluding hydrogens is 528 g/mol. The van der Waals surface area contributed by atoms with E-state index in [1.165, 1.54) is 33.0 Å². The van der Waals surface area contributed by atoms with Crippen LogP contribution in [0.5, 0.6) is 11.5 Å². The van der Waals surface area contributed by atoms with E-state index in [1.807, 2.05) is 0 Å². The summed E-state index contributed by atoms with van der Waals surface area (Å²) in [5.74, 6) is 4.13. The maximum Gasteiger partial charge on any atom is 0.257 e. The third-order valence-corrected chi connectivity index (χ3v) is 8.40. The second-order valence-corrected chi connectivity index (χ2v) is 15.8. The normalized spacial score (nSPS) is 13.4. The summed E-state index contributed by atoms with van der Waals surface area (Å²) in [5, 5.41) is 4.61. The molecule has 0 saturated heterocycles. The van der Waals surface area contributed by atoms with Gasteiger partial charge in [-0.25, -0.2) is 15.0 Å². The van der Waals surface area contributed by atoms with Gasteiger partial charge in [0.05, 0.1) is 5.56 Å². The maximum atomic E-state index is 6.97. The van der Waals surface area contributed by atoms with E-state index in [9.17, 15) is 0 Å². The molecule has 2 aromatic heterocycles. The second-order valence-electron chi connectivity index (χ2n) is 15.8. The quantitative estimate of drug-likeness (QED) is 0.194. The molecule has 1 aliphatic rings. The van der Waals surface area contributed by atoms with Gasteiger partial charge >= 0.3 is 0 Å². The fourth-order valence-electron chi connectivity index (χ4n) is 6.14. The Hall–Kier alpha value is -3.86. The minimum Gasteiger partial charge on any atom is -0.449 e. The lowest BCUT2D eigenvalue weighted by molar-refractivity contribution is -0.659. The minimum absolute atomic E-state index is 0.173. The van der Waals surface area contributed by atoms with Crippen LogP contribution in [0.1, 0.15) is 90.7 Å². The largest absolute Gasteiger partial charge is 0.449 e. The van der Waals surface area contributed by atoms with E-state index in [-0.39, 0.29) is 16.2 Å². The maximum absolute atomic E-state index is 6.97. The van der Waals surface area contributed by atoms with E-state index in [4.69, 9.17) is 19.7 Å². The number of nitrogens with zero attached hydrogens (tertiary/aromatic N) is 4. The number of hydrogen-bond donors (Lipinski definition) is 0. The Bertz CT molecular complexity index is 1920. The Labute approximate surface area is 256 Å². The number of fused-ring (bicyclic) bond motifs is 4. The van der Waals surface area contributed by atoms with E-state index < -0.39 is 0 Å². The summed E-state index contributed by atoms with van der Waals surface area (Å²) in [7, 11) is 2.12. The van der Waals surface area contributed by atoms with Crippen molar-refractivity contribution in [1.82, 2.24) is 15.0 Å². The van der Waals surface area contributed by atoms with Crippen LogP contribution in [0.25, 0.3) is 44.2 Å². The number of aromatic nitrogens is 4. The van der Waals surface area contributed by atoms with Gasteiger partial charge in [-0.3, -0.25) is 0 Å². The minimum atomic E-state index is -0.201. The zero-order chi connectivity index (χ0) is 31.2. The summed E-state index contributed by atoms with van der Waals surface area (Å²) in [4.78, 5) is 14.9. The fourth-order valence-corrected chi connectivity index (χ4v) is 6.14. The second kappa shape index (κ2) is 9.57. The van der Waals surface area contributed by atoms with Gasteiger partial charge in [-0.15, -0.1) is 0 Å². The van der Waals surface area contributed by atoms with Crippen LogP contribution in [0.15, 0.2) is 42.6 Å². The first-order valence-corrected chi connectivity index (χ1v) is 15.4. The third kappa shape index (κ3) is 5.17. The monoisotopic (exact) mass is 573 g/mol. The van der Waals surface area contributed by atoms with Gasteiger partial charge in [0.25, 0.3) is 5.69 Å². The van der Waals surface area contributed by atoms with Crippen molar-refractivity contribution in [1.29, 1.82) is 0 Å². The van der Waals surface area contributed by atoms with E-state index >= 15 is 0 Å². The molecule has 5 heteroatoms. The molecule has 222 valence electrons. The van der Waals surface area contributed by atoms with E-state index in [0.717, 1.165) is 51.6 Å². The molecule has 0 radical (unpaired) electrons. The van der Waals surface area contributed by atoms with Crippen LogP contribution in [0.3, 0.4) is 0 Å². The molecule has 0 bridgehead atoms. The lowest BCUT2D eigenvalue weighted by Gasteiger charge is -2.25. The first-order chi connectivity index (χ1) is 19.9. The zero-order valence-electron chi connectivity index (χ0n) is 27.9. The summed E-state index contributed by atoms with van der Waals surface area (Å²) >= 11 is 0. The Kier molecular flexibility index (Phi) is 6.50. The highest BCUT2D eigenvalue weighted by molar-refractivity contribution is 6.08. The highest BCUT2D eigenvalue weighted by Gasteiger charge is 2.33. The van der Waals surface area contributed by atoms with Crippen molar-refractivity contribution in [3.8, 4) is 34.1 Å². The summed E-state index contributed by atoms with van der Waals surface area (Å²) in [6.07, 6.45) is 3.19. The van der Waals surface area contributed by atoms with Crippen molar-refractivity contribution < 1.29 is 9.30 Å². The van der Waals surface area contributed by atoms with Crippen LogP contribution in [0.4, 0.5) is 0 Å². The number of rotatable bonds is 2. The molecule has 5 aromatic rings. The van der Waals surface area contributed by atoms with Crippen LogP contribution in [-0.2, 0) is 24.3 Å². The predicted molar refractivity (Wildman–Crippen MR) is 177 cm³/mol. The zero-order valence-corrected chi connectivity index (χ0v) is 27.9. The van der Waals surface area contributed by atoms with Crippen LogP contribution in [0, 0.1) is 19.3 Å². The van der Waals surface area contributed by atoms with Crippen molar-refractivity contribution in [2.45, 2.75) is 93.4 Å². The van der Waals surface area contributed by atoms with E-state index in [1.54, 1.807) is 0 Å².